The molecular weight excluding hydrogens is 170 g/mol. The van der Waals surface area contributed by atoms with E-state index in [1.807, 2.05) is 13.8 Å². The molecule has 0 aliphatic heterocycles. The van der Waals surface area contributed by atoms with Crippen molar-refractivity contribution < 1.29 is 4.79 Å². The highest BCUT2D eigenvalue weighted by molar-refractivity contribution is 5.75. The first-order valence-electron chi connectivity index (χ1n) is 4.13. The third kappa shape index (κ3) is 2.77. The molecule has 1 amide bonds. The maximum absolute atomic E-state index is 11.2. The predicted octanol–water partition coefficient (Wildman–Crippen LogP) is -0.299. The normalized spacial score (nSPS) is 10.4. The van der Waals surface area contributed by atoms with Gasteiger partial charge in [-0.3, -0.25) is 9.36 Å². The molecule has 0 unspecified atom stereocenters. The number of nitrogens with zero attached hydrogens (tertiary/aromatic N) is 1. The van der Waals surface area contributed by atoms with Gasteiger partial charge in [-0.05, 0) is 13.8 Å². The first-order valence-corrected chi connectivity index (χ1v) is 4.13. The molecule has 0 bridgehead atoms. The van der Waals surface area contributed by atoms with Crippen molar-refractivity contribution in [2.75, 3.05) is 0 Å². The monoisotopic (exact) mass is 183 g/mol. The van der Waals surface area contributed by atoms with Crippen LogP contribution in [0, 0.1) is 0 Å². The maximum Gasteiger partial charge on any atom is 0.325 e. The van der Waals surface area contributed by atoms with Crippen LogP contribution in [-0.2, 0) is 11.3 Å². The van der Waals surface area contributed by atoms with Crippen molar-refractivity contribution in [2.24, 2.45) is 0 Å². The largest absolute Gasteiger partial charge is 0.352 e. The highest BCUT2D eigenvalue weighted by Crippen LogP contribution is 1.82. The number of rotatable bonds is 3. The van der Waals surface area contributed by atoms with E-state index >= 15 is 0 Å². The molecule has 2 N–H and O–H groups in total. The van der Waals surface area contributed by atoms with Crippen LogP contribution in [-0.4, -0.2) is 21.5 Å². The number of carbonyl (C=O) groups is 1. The van der Waals surface area contributed by atoms with Crippen LogP contribution >= 0.6 is 0 Å². The Morgan fingerprint density at radius 3 is 2.85 bits per heavy atom. The Bertz CT molecular complexity index is 337. The van der Waals surface area contributed by atoms with Gasteiger partial charge in [0.05, 0.1) is 0 Å². The summed E-state index contributed by atoms with van der Waals surface area (Å²) in [5.41, 5.74) is -0.265. The van der Waals surface area contributed by atoms with Crippen LogP contribution in [0.15, 0.2) is 17.2 Å². The Kier molecular flexibility index (Phi) is 2.89. The van der Waals surface area contributed by atoms with E-state index in [-0.39, 0.29) is 24.2 Å². The molecule has 1 rings (SSSR count). The zero-order valence-corrected chi connectivity index (χ0v) is 7.70. The lowest BCUT2D eigenvalue weighted by atomic mass is 10.4. The Morgan fingerprint density at radius 2 is 2.38 bits per heavy atom. The van der Waals surface area contributed by atoms with Crippen molar-refractivity contribution in [3.05, 3.63) is 22.9 Å². The number of aromatic amines is 1. The topological polar surface area (TPSA) is 66.9 Å². The molecule has 1 aromatic rings. The van der Waals surface area contributed by atoms with Crippen molar-refractivity contribution in [1.29, 1.82) is 0 Å². The van der Waals surface area contributed by atoms with Gasteiger partial charge in [0, 0.05) is 18.4 Å². The molecule has 0 saturated heterocycles. The molecule has 0 aromatic carbocycles. The summed E-state index contributed by atoms with van der Waals surface area (Å²) in [7, 11) is 0. The number of amides is 1. The van der Waals surface area contributed by atoms with Gasteiger partial charge in [-0.15, -0.1) is 0 Å². The highest BCUT2D eigenvalue weighted by Gasteiger charge is 2.05. The summed E-state index contributed by atoms with van der Waals surface area (Å²) in [6.07, 6.45) is 3.05. The molecule has 5 heteroatoms. The number of hydrogen-bond acceptors (Lipinski definition) is 2. The third-order valence-corrected chi connectivity index (χ3v) is 1.49. The molecule has 0 radical (unpaired) electrons. The summed E-state index contributed by atoms with van der Waals surface area (Å²) in [4.78, 5) is 24.6. The predicted molar refractivity (Wildman–Crippen MR) is 48.3 cm³/mol. The Morgan fingerprint density at radius 1 is 1.69 bits per heavy atom. The fraction of sp³-hybridized carbons (Fsp3) is 0.500. The van der Waals surface area contributed by atoms with Crippen LogP contribution in [0.2, 0.25) is 0 Å². The standard InChI is InChI=1S/C8H13N3O2/c1-6(2)10-7(12)5-11-4-3-9-8(11)13/h3-4,6H,5H2,1-2H3,(H,9,13)(H,10,12). The SMILES string of the molecule is CC(C)NC(=O)Cn1cc[nH]c1=O. The molecular formula is C8H13N3O2. The number of imidazole rings is 1. The Labute approximate surface area is 75.8 Å². The highest BCUT2D eigenvalue weighted by atomic mass is 16.2. The molecule has 72 valence electrons. The van der Waals surface area contributed by atoms with Crippen molar-refractivity contribution in [1.82, 2.24) is 14.9 Å². The number of H-pyrrole nitrogens is 1. The number of carbonyl (C=O) groups excluding carboxylic acids is 1. The summed E-state index contributed by atoms with van der Waals surface area (Å²) < 4.78 is 1.32. The van der Waals surface area contributed by atoms with Gasteiger partial charge in [-0.1, -0.05) is 0 Å². The zero-order valence-electron chi connectivity index (χ0n) is 7.70. The van der Waals surface area contributed by atoms with Crippen LogP contribution in [0.3, 0.4) is 0 Å². The van der Waals surface area contributed by atoms with Crippen LogP contribution < -0.4 is 11.0 Å². The lowest BCUT2D eigenvalue weighted by Gasteiger charge is -2.07. The van der Waals surface area contributed by atoms with Crippen LogP contribution in [0.4, 0.5) is 0 Å². The summed E-state index contributed by atoms with van der Waals surface area (Å²) in [5, 5.41) is 2.70. The maximum atomic E-state index is 11.2. The molecule has 13 heavy (non-hydrogen) atoms. The van der Waals surface area contributed by atoms with Crippen molar-refractivity contribution in [2.45, 2.75) is 26.4 Å². The van der Waals surface area contributed by atoms with E-state index in [2.05, 4.69) is 10.3 Å². The van der Waals surface area contributed by atoms with Gasteiger partial charge in [0.25, 0.3) is 0 Å². The van der Waals surface area contributed by atoms with Crippen LogP contribution in [0.5, 0.6) is 0 Å². The molecule has 1 aromatic heterocycles. The summed E-state index contributed by atoms with van der Waals surface area (Å²) in [5.74, 6) is -0.156. The molecule has 0 spiro atoms. The lowest BCUT2D eigenvalue weighted by molar-refractivity contribution is -0.122. The minimum absolute atomic E-state index is 0.0700. The average molecular weight is 183 g/mol. The molecule has 0 aliphatic rings. The second kappa shape index (κ2) is 3.93. The molecule has 5 nitrogen and oxygen atoms in total. The smallest absolute Gasteiger partial charge is 0.325 e. The van der Waals surface area contributed by atoms with Crippen molar-refractivity contribution >= 4 is 5.91 Å². The molecule has 0 saturated carbocycles. The van der Waals surface area contributed by atoms with Gasteiger partial charge >= 0.3 is 5.69 Å². The van der Waals surface area contributed by atoms with Gasteiger partial charge in [0.1, 0.15) is 6.54 Å². The zero-order chi connectivity index (χ0) is 9.84. The fourth-order valence-electron chi connectivity index (χ4n) is 0.996. The minimum Gasteiger partial charge on any atom is -0.352 e. The molecule has 1 heterocycles. The minimum atomic E-state index is -0.265. The molecule has 0 aliphatic carbocycles. The second-order valence-corrected chi connectivity index (χ2v) is 3.12. The van der Waals surface area contributed by atoms with Gasteiger partial charge in [0.15, 0.2) is 0 Å². The summed E-state index contributed by atoms with van der Waals surface area (Å²) in [6.45, 7) is 3.82. The number of nitrogens with one attached hydrogen (secondary N) is 2. The van der Waals surface area contributed by atoms with E-state index in [1.54, 1.807) is 6.20 Å². The van der Waals surface area contributed by atoms with E-state index in [1.165, 1.54) is 10.8 Å². The Hall–Kier alpha value is -1.52. The molecule has 0 atom stereocenters. The molecule has 0 fully saturated rings. The van der Waals surface area contributed by atoms with Crippen LogP contribution in [0.1, 0.15) is 13.8 Å². The third-order valence-electron chi connectivity index (χ3n) is 1.49. The first kappa shape index (κ1) is 9.57. The Balaban J connectivity index is 2.55. The van der Waals surface area contributed by atoms with Gasteiger partial charge in [0.2, 0.25) is 5.91 Å². The van der Waals surface area contributed by atoms with E-state index in [9.17, 15) is 9.59 Å². The fourth-order valence-corrected chi connectivity index (χ4v) is 0.996. The van der Waals surface area contributed by atoms with Crippen molar-refractivity contribution in [3.63, 3.8) is 0 Å². The lowest BCUT2D eigenvalue weighted by Crippen LogP contribution is -2.35. The van der Waals surface area contributed by atoms with E-state index in [0.29, 0.717) is 0 Å². The van der Waals surface area contributed by atoms with E-state index < -0.39 is 0 Å². The number of aromatic nitrogens is 2. The average Bonchev–Trinajstić information content (AvgIpc) is 2.34. The van der Waals surface area contributed by atoms with Crippen LogP contribution in [0.25, 0.3) is 0 Å². The van der Waals surface area contributed by atoms with Gasteiger partial charge in [-0.25, -0.2) is 4.79 Å². The second-order valence-electron chi connectivity index (χ2n) is 3.12. The summed E-state index contributed by atoms with van der Waals surface area (Å²) in [6, 6.07) is 0.0992. The first-order chi connectivity index (χ1) is 6.09. The van der Waals surface area contributed by atoms with Gasteiger partial charge in [-0.2, -0.15) is 0 Å². The van der Waals surface area contributed by atoms with E-state index in [0.717, 1.165) is 0 Å². The quantitative estimate of drug-likeness (QED) is 0.675. The van der Waals surface area contributed by atoms with Crippen molar-refractivity contribution in [3.8, 4) is 0 Å². The summed E-state index contributed by atoms with van der Waals surface area (Å²) >= 11 is 0. The van der Waals surface area contributed by atoms with E-state index in [4.69, 9.17) is 0 Å². The van der Waals surface area contributed by atoms with Gasteiger partial charge < -0.3 is 10.3 Å². The number of hydrogen-bond donors (Lipinski definition) is 2.